The molecule has 0 spiro atoms. The molecule has 1 atom stereocenters. The molecule has 20 heavy (non-hydrogen) atoms. The van der Waals surface area contributed by atoms with Gasteiger partial charge in [0, 0.05) is 17.7 Å². The fourth-order valence-corrected chi connectivity index (χ4v) is 2.05. The Morgan fingerprint density at radius 1 is 1.05 bits per heavy atom. The van der Waals surface area contributed by atoms with Crippen molar-refractivity contribution in [1.29, 1.82) is 0 Å². The first-order chi connectivity index (χ1) is 9.74. The molecule has 98 valence electrons. The first kappa shape index (κ1) is 12.2. The molecule has 0 N–H and O–H groups in total. The Balaban J connectivity index is 1.91. The summed E-state index contributed by atoms with van der Waals surface area (Å²) in [6.45, 7) is 0. The largest absolute Gasteiger partial charge is 0.269 e. The average Bonchev–Trinajstić information content (AvgIpc) is 2.70. The maximum absolute atomic E-state index is 10.6. The molecule has 1 aliphatic heterocycles. The molecule has 0 amide bonds. The van der Waals surface area contributed by atoms with Gasteiger partial charge in [0.15, 0.2) is 0 Å². The Kier molecular flexibility index (Phi) is 3.09. The zero-order chi connectivity index (χ0) is 13.9. The molecule has 2 aromatic rings. The molecule has 0 saturated carbocycles. The van der Waals surface area contributed by atoms with Gasteiger partial charge in [-0.3, -0.25) is 10.1 Å². The highest BCUT2D eigenvalue weighted by Crippen LogP contribution is 2.30. The van der Waals surface area contributed by atoms with Crippen molar-refractivity contribution in [1.82, 2.24) is 0 Å². The van der Waals surface area contributed by atoms with Crippen LogP contribution in [0, 0.1) is 10.1 Å². The van der Waals surface area contributed by atoms with E-state index >= 15 is 0 Å². The van der Waals surface area contributed by atoms with E-state index < -0.39 is 4.92 Å². The van der Waals surface area contributed by atoms with Gasteiger partial charge >= 0.3 is 0 Å². The predicted molar refractivity (Wildman–Crippen MR) is 75.8 cm³/mol. The lowest BCUT2D eigenvalue weighted by molar-refractivity contribution is -0.384. The number of nitro benzene ring substituents is 1. The van der Waals surface area contributed by atoms with Gasteiger partial charge < -0.3 is 0 Å². The molecule has 3 rings (SSSR count). The number of rotatable bonds is 2. The average molecular weight is 265 g/mol. The van der Waals surface area contributed by atoms with E-state index in [1.54, 1.807) is 12.1 Å². The van der Waals surface area contributed by atoms with E-state index in [2.05, 4.69) is 10.2 Å². The smallest absolute Gasteiger partial charge is 0.258 e. The van der Waals surface area contributed by atoms with Gasteiger partial charge in [-0.15, -0.1) is 0 Å². The Labute approximate surface area is 115 Å². The van der Waals surface area contributed by atoms with Crippen LogP contribution >= 0.6 is 0 Å². The first-order valence-electron chi connectivity index (χ1n) is 6.16. The summed E-state index contributed by atoms with van der Waals surface area (Å²) in [6.07, 6.45) is 3.91. The topological polar surface area (TPSA) is 67.9 Å². The summed E-state index contributed by atoms with van der Waals surface area (Å²) in [5.74, 6) is 0. The lowest BCUT2D eigenvalue weighted by Gasteiger charge is -2.04. The molecule has 0 saturated heterocycles. The van der Waals surface area contributed by atoms with E-state index in [0.717, 1.165) is 16.8 Å². The van der Waals surface area contributed by atoms with Crippen LogP contribution in [0.5, 0.6) is 0 Å². The summed E-state index contributed by atoms with van der Waals surface area (Å²) >= 11 is 0. The lowest BCUT2D eigenvalue weighted by Crippen LogP contribution is -1.92. The Morgan fingerprint density at radius 3 is 2.55 bits per heavy atom. The van der Waals surface area contributed by atoms with Gasteiger partial charge in [-0.2, -0.15) is 10.2 Å². The third kappa shape index (κ3) is 2.33. The number of fused-ring (bicyclic) bond motifs is 1. The second-order valence-corrected chi connectivity index (χ2v) is 4.43. The van der Waals surface area contributed by atoms with Crippen LogP contribution in [-0.4, -0.2) is 4.92 Å². The zero-order valence-corrected chi connectivity index (χ0v) is 10.5. The van der Waals surface area contributed by atoms with Crippen LogP contribution in [-0.2, 0) is 0 Å². The molecule has 0 radical (unpaired) electrons. The SMILES string of the molecule is O=[N+]([O-])c1ccc(C2C=Cc3ccccc3N=N2)cc1. The van der Waals surface area contributed by atoms with Crippen molar-refractivity contribution >= 4 is 17.5 Å². The molecular formula is C15H11N3O2. The van der Waals surface area contributed by atoms with Gasteiger partial charge in [0.25, 0.3) is 5.69 Å². The van der Waals surface area contributed by atoms with Crippen LogP contribution in [0.25, 0.3) is 6.08 Å². The van der Waals surface area contributed by atoms with Gasteiger partial charge in [0.1, 0.15) is 6.04 Å². The highest BCUT2D eigenvalue weighted by molar-refractivity contribution is 5.64. The molecule has 2 aromatic carbocycles. The maximum atomic E-state index is 10.6. The van der Waals surface area contributed by atoms with Crippen molar-refractivity contribution in [2.45, 2.75) is 6.04 Å². The van der Waals surface area contributed by atoms with Gasteiger partial charge in [0.2, 0.25) is 0 Å². The molecule has 1 unspecified atom stereocenters. The van der Waals surface area contributed by atoms with E-state index in [1.807, 2.05) is 36.4 Å². The molecule has 0 aliphatic carbocycles. The van der Waals surface area contributed by atoms with Crippen LogP contribution in [0.15, 0.2) is 64.8 Å². The van der Waals surface area contributed by atoms with Crippen molar-refractivity contribution < 1.29 is 4.92 Å². The Bertz CT molecular complexity index is 672. The van der Waals surface area contributed by atoms with E-state index in [9.17, 15) is 10.1 Å². The minimum absolute atomic E-state index is 0.0755. The number of non-ortho nitro benzene ring substituents is 1. The number of nitrogens with zero attached hydrogens (tertiary/aromatic N) is 3. The Hall–Kier alpha value is -2.82. The minimum Gasteiger partial charge on any atom is -0.258 e. The van der Waals surface area contributed by atoms with Gasteiger partial charge in [0.05, 0.1) is 10.6 Å². The van der Waals surface area contributed by atoms with Crippen LogP contribution in [0.4, 0.5) is 11.4 Å². The second kappa shape index (κ2) is 5.05. The highest BCUT2D eigenvalue weighted by Gasteiger charge is 2.12. The number of hydrogen-bond donors (Lipinski definition) is 0. The van der Waals surface area contributed by atoms with E-state index in [1.165, 1.54) is 12.1 Å². The minimum atomic E-state index is -0.413. The summed E-state index contributed by atoms with van der Waals surface area (Å²) in [5.41, 5.74) is 2.80. The lowest BCUT2D eigenvalue weighted by atomic mass is 10.1. The second-order valence-electron chi connectivity index (χ2n) is 4.43. The predicted octanol–water partition coefficient (Wildman–Crippen LogP) is 4.45. The quantitative estimate of drug-likeness (QED) is 0.594. The molecular weight excluding hydrogens is 254 g/mol. The fourth-order valence-electron chi connectivity index (χ4n) is 2.05. The fraction of sp³-hybridized carbons (Fsp3) is 0.0667. The Morgan fingerprint density at radius 2 is 1.80 bits per heavy atom. The van der Waals surface area contributed by atoms with Crippen molar-refractivity contribution in [3.05, 3.63) is 75.8 Å². The van der Waals surface area contributed by atoms with E-state index in [-0.39, 0.29) is 11.7 Å². The highest BCUT2D eigenvalue weighted by atomic mass is 16.6. The van der Waals surface area contributed by atoms with Crippen molar-refractivity contribution in [2.75, 3.05) is 0 Å². The van der Waals surface area contributed by atoms with Gasteiger partial charge in [-0.1, -0.05) is 30.4 Å². The number of nitro groups is 1. The van der Waals surface area contributed by atoms with E-state index in [0.29, 0.717) is 0 Å². The zero-order valence-electron chi connectivity index (χ0n) is 10.5. The number of hydrogen-bond acceptors (Lipinski definition) is 4. The van der Waals surface area contributed by atoms with Crippen molar-refractivity contribution in [3.8, 4) is 0 Å². The third-order valence-electron chi connectivity index (χ3n) is 3.13. The summed E-state index contributed by atoms with van der Waals surface area (Å²) in [7, 11) is 0. The standard InChI is InChI=1S/C15H11N3O2/c19-18(20)13-8-5-12(6-9-13)15-10-7-11-3-1-2-4-14(11)16-17-15/h1-10,15H. The monoisotopic (exact) mass is 265 g/mol. The molecule has 5 heteroatoms. The molecule has 1 heterocycles. The van der Waals surface area contributed by atoms with Crippen LogP contribution in [0.1, 0.15) is 17.2 Å². The summed E-state index contributed by atoms with van der Waals surface area (Å²) in [5, 5.41) is 19.2. The maximum Gasteiger partial charge on any atom is 0.269 e. The summed E-state index contributed by atoms with van der Waals surface area (Å²) < 4.78 is 0. The van der Waals surface area contributed by atoms with Gasteiger partial charge in [-0.05, 0) is 23.8 Å². The molecule has 0 bridgehead atoms. The number of azo groups is 1. The van der Waals surface area contributed by atoms with Crippen molar-refractivity contribution in [2.24, 2.45) is 10.2 Å². The third-order valence-corrected chi connectivity index (χ3v) is 3.13. The van der Waals surface area contributed by atoms with Crippen molar-refractivity contribution in [3.63, 3.8) is 0 Å². The summed E-state index contributed by atoms with van der Waals surface area (Å²) in [6, 6.07) is 13.9. The van der Waals surface area contributed by atoms with Crippen LogP contribution in [0.2, 0.25) is 0 Å². The molecule has 0 aromatic heterocycles. The summed E-state index contributed by atoms with van der Waals surface area (Å²) in [4.78, 5) is 10.2. The van der Waals surface area contributed by atoms with Crippen LogP contribution in [0.3, 0.4) is 0 Å². The van der Waals surface area contributed by atoms with Crippen LogP contribution < -0.4 is 0 Å². The first-order valence-corrected chi connectivity index (χ1v) is 6.16. The normalized spacial score (nSPS) is 16.5. The number of benzene rings is 2. The molecule has 0 fully saturated rings. The van der Waals surface area contributed by atoms with Gasteiger partial charge in [-0.25, -0.2) is 0 Å². The molecule has 5 nitrogen and oxygen atoms in total. The molecule has 1 aliphatic rings. The van der Waals surface area contributed by atoms with E-state index in [4.69, 9.17) is 0 Å².